The molecule has 2 nitrogen and oxygen atoms in total. The van der Waals surface area contributed by atoms with Crippen LogP contribution in [0, 0.1) is 0 Å². The topological polar surface area (TPSA) is 21.3 Å². The quantitative estimate of drug-likeness (QED) is 0.723. The smallest absolute Gasteiger partial charge is 0.0696 e. The lowest BCUT2D eigenvalue weighted by Gasteiger charge is -2.43. The molecule has 2 rings (SSSR count). The highest BCUT2D eigenvalue weighted by atomic mass is 16.5. The SMILES string of the molecule is CNC(CC1(OC)CCC1)C1=CCCCC1. The Hall–Kier alpha value is -0.340. The van der Waals surface area contributed by atoms with E-state index in [-0.39, 0.29) is 5.60 Å². The van der Waals surface area contributed by atoms with Crippen LogP contribution in [0.1, 0.15) is 51.4 Å². The fourth-order valence-corrected chi connectivity index (χ4v) is 3.03. The molecule has 0 aliphatic heterocycles. The second kappa shape index (κ2) is 5.33. The third kappa shape index (κ3) is 2.49. The molecule has 0 amide bonds. The van der Waals surface area contributed by atoms with E-state index in [1.54, 1.807) is 5.57 Å². The third-order valence-corrected chi connectivity index (χ3v) is 4.40. The van der Waals surface area contributed by atoms with Crippen LogP contribution in [0.4, 0.5) is 0 Å². The Labute approximate surface area is 99.4 Å². The molecular formula is C14H25NO. The van der Waals surface area contributed by atoms with Gasteiger partial charge in [0.2, 0.25) is 0 Å². The summed E-state index contributed by atoms with van der Waals surface area (Å²) in [5, 5.41) is 3.48. The Kier molecular flexibility index (Phi) is 4.04. The first-order valence-corrected chi connectivity index (χ1v) is 6.71. The first kappa shape index (κ1) is 12.1. The summed E-state index contributed by atoms with van der Waals surface area (Å²) in [6.45, 7) is 0. The van der Waals surface area contributed by atoms with Gasteiger partial charge in [0.15, 0.2) is 0 Å². The van der Waals surface area contributed by atoms with Gasteiger partial charge in [-0.1, -0.05) is 11.6 Å². The van der Waals surface area contributed by atoms with E-state index < -0.39 is 0 Å². The maximum atomic E-state index is 5.73. The molecule has 2 aliphatic carbocycles. The van der Waals surface area contributed by atoms with Crippen LogP contribution in [-0.4, -0.2) is 25.8 Å². The van der Waals surface area contributed by atoms with Gasteiger partial charge in [0.25, 0.3) is 0 Å². The Balaban J connectivity index is 1.96. The van der Waals surface area contributed by atoms with Crippen LogP contribution in [0.25, 0.3) is 0 Å². The van der Waals surface area contributed by atoms with Crippen molar-refractivity contribution in [2.45, 2.75) is 63.0 Å². The van der Waals surface area contributed by atoms with Crippen LogP contribution >= 0.6 is 0 Å². The molecule has 1 atom stereocenters. The predicted octanol–water partition coefficient (Wildman–Crippen LogP) is 3.03. The zero-order chi connectivity index (χ0) is 11.4. The number of likely N-dealkylation sites (N-methyl/N-ethyl adjacent to an activating group) is 1. The van der Waals surface area contributed by atoms with Crippen LogP contribution in [0.15, 0.2) is 11.6 Å². The molecule has 0 bridgehead atoms. The van der Waals surface area contributed by atoms with Gasteiger partial charge >= 0.3 is 0 Å². The van der Waals surface area contributed by atoms with E-state index in [1.807, 2.05) is 7.11 Å². The Morgan fingerprint density at radius 3 is 2.62 bits per heavy atom. The summed E-state index contributed by atoms with van der Waals surface area (Å²) in [5.41, 5.74) is 1.81. The van der Waals surface area contributed by atoms with Crippen molar-refractivity contribution >= 4 is 0 Å². The number of nitrogens with one attached hydrogen (secondary N) is 1. The third-order valence-electron chi connectivity index (χ3n) is 4.40. The van der Waals surface area contributed by atoms with Crippen molar-refractivity contribution in [2.24, 2.45) is 0 Å². The second-order valence-corrected chi connectivity index (χ2v) is 5.31. The second-order valence-electron chi connectivity index (χ2n) is 5.31. The van der Waals surface area contributed by atoms with Gasteiger partial charge in [-0.2, -0.15) is 0 Å². The average Bonchev–Trinajstić information content (AvgIpc) is 2.30. The van der Waals surface area contributed by atoms with E-state index in [1.165, 1.54) is 44.9 Å². The van der Waals surface area contributed by atoms with Crippen LogP contribution in [0.2, 0.25) is 0 Å². The number of hydrogen-bond donors (Lipinski definition) is 1. The van der Waals surface area contributed by atoms with Gasteiger partial charge in [-0.05, 0) is 58.4 Å². The number of ether oxygens (including phenoxy) is 1. The van der Waals surface area contributed by atoms with E-state index in [2.05, 4.69) is 18.4 Å². The molecule has 16 heavy (non-hydrogen) atoms. The molecule has 1 N–H and O–H groups in total. The maximum Gasteiger partial charge on any atom is 0.0696 e. The number of allylic oxidation sites excluding steroid dienone is 1. The Morgan fingerprint density at radius 2 is 2.19 bits per heavy atom. The summed E-state index contributed by atoms with van der Waals surface area (Å²) in [7, 11) is 3.96. The summed E-state index contributed by atoms with van der Waals surface area (Å²) >= 11 is 0. The standard InChI is InChI=1S/C14H25NO/c1-15-13(12-7-4-3-5-8-12)11-14(16-2)9-6-10-14/h7,13,15H,3-6,8-11H2,1-2H3. The van der Waals surface area contributed by atoms with Crippen LogP contribution in [0.5, 0.6) is 0 Å². The number of hydrogen-bond acceptors (Lipinski definition) is 2. The molecule has 1 unspecified atom stereocenters. The molecule has 0 saturated heterocycles. The van der Waals surface area contributed by atoms with Gasteiger partial charge in [-0.3, -0.25) is 0 Å². The lowest BCUT2D eigenvalue weighted by Crippen LogP contribution is -2.45. The first-order valence-electron chi connectivity index (χ1n) is 6.71. The van der Waals surface area contributed by atoms with Crippen molar-refractivity contribution in [3.8, 4) is 0 Å². The lowest BCUT2D eigenvalue weighted by molar-refractivity contribution is -0.0812. The minimum atomic E-state index is 0.186. The van der Waals surface area contributed by atoms with Crippen molar-refractivity contribution in [1.29, 1.82) is 0 Å². The number of methoxy groups -OCH3 is 1. The van der Waals surface area contributed by atoms with Crippen molar-refractivity contribution in [1.82, 2.24) is 5.32 Å². The largest absolute Gasteiger partial charge is 0.378 e. The molecule has 0 heterocycles. The first-order chi connectivity index (χ1) is 7.79. The van der Waals surface area contributed by atoms with E-state index in [0.717, 1.165) is 6.42 Å². The van der Waals surface area contributed by atoms with Crippen molar-refractivity contribution in [3.63, 3.8) is 0 Å². The molecule has 1 saturated carbocycles. The normalized spacial score (nSPS) is 25.8. The minimum absolute atomic E-state index is 0.186. The molecule has 2 aliphatic rings. The van der Waals surface area contributed by atoms with Gasteiger partial charge in [-0.15, -0.1) is 0 Å². The van der Waals surface area contributed by atoms with Gasteiger partial charge in [0.05, 0.1) is 5.60 Å². The van der Waals surface area contributed by atoms with Crippen LogP contribution in [-0.2, 0) is 4.74 Å². The van der Waals surface area contributed by atoms with Crippen LogP contribution < -0.4 is 5.32 Å². The fraction of sp³-hybridized carbons (Fsp3) is 0.857. The van der Waals surface area contributed by atoms with Crippen molar-refractivity contribution in [3.05, 3.63) is 11.6 Å². The molecular weight excluding hydrogens is 198 g/mol. The Morgan fingerprint density at radius 1 is 1.38 bits per heavy atom. The van der Waals surface area contributed by atoms with Gasteiger partial charge in [0.1, 0.15) is 0 Å². The summed E-state index contributed by atoms with van der Waals surface area (Å²) in [6, 6.07) is 0.542. The maximum absolute atomic E-state index is 5.73. The zero-order valence-corrected chi connectivity index (χ0v) is 10.7. The monoisotopic (exact) mass is 223 g/mol. The van der Waals surface area contributed by atoms with Gasteiger partial charge < -0.3 is 10.1 Å². The minimum Gasteiger partial charge on any atom is -0.378 e. The van der Waals surface area contributed by atoms with Gasteiger partial charge in [0, 0.05) is 13.2 Å². The van der Waals surface area contributed by atoms with E-state index in [4.69, 9.17) is 4.74 Å². The molecule has 0 aromatic heterocycles. The highest BCUT2D eigenvalue weighted by Gasteiger charge is 2.39. The highest BCUT2D eigenvalue weighted by molar-refractivity contribution is 5.15. The van der Waals surface area contributed by atoms with E-state index >= 15 is 0 Å². The number of rotatable bonds is 5. The predicted molar refractivity (Wildman–Crippen MR) is 67.6 cm³/mol. The lowest BCUT2D eigenvalue weighted by atomic mass is 9.74. The summed E-state index contributed by atoms with van der Waals surface area (Å²) in [6.07, 6.45) is 12.7. The van der Waals surface area contributed by atoms with Crippen molar-refractivity contribution in [2.75, 3.05) is 14.2 Å². The molecule has 0 spiro atoms. The van der Waals surface area contributed by atoms with Crippen LogP contribution in [0.3, 0.4) is 0 Å². The van der Waals surface area contributed by atoms with Crippen molar-refractivity contribution < 1.29 is 4.74 Å². The molecule has 1 fully saturated rings. The molecule has 0 radical (unpaired) electrons. The fourth-order valence-electron chi connectivity index (χ4n) is 3.03. The molecule has 0 aromatic carbocycles. The van der Waals surface area contributed by atoms with E-state index in [9.17, 15) is 0 Å². The van der Waals surface area contributed by atoms with E-state index in [0.29, 0.717) is 6.04 Å². The summed E-state index contributed by atoms with van der Waals surface area (Å²) in [5.74, 6) is 0. The molecule has 2 heteroatoms. The zero-order valence-electron chi connectivity index (χ0n) is 10.7. The summed E-state index contributed by atoms with van der Waals surface area (Å²) in [4.78, 5) is 0. The molecule has 0 aromatic rings. The van der Waals surface area contributed by atoms with Gasteiger partial charge in [-0.25, -0.2) is 0 Å². The average molecular weight is 223 g/mol. The molecule has 92 valence electrons. The highest BCUT2D eigenvalue weighted by Crippen LogP contribution is 2.40. The Bertz CT molecular complexity index is 250. The summed E-state index contributed by atoms with van der Waals surface area (Å²) < 4.78 is 5.73.